The molecule has 2 N–H and O–H groups in total. The zero-order valence-electron chi connectivity index (χ0n) is 12.7. The molecule has 0 aliphatic heterocycles. The molecule has 1 amide bonds. The van der Waals surface area contributed by atoms with E-state index in [9.17, 15) is 36.2 Å². The molecule has 0 saturated carbocycles. The number of rotatable bonds is 3. The fourth-order valence-electron chi connectivity index (χ4n) is 2.12. The second-order valence-corrected chi connectivity index (χ2v) is 5.64. The molecule has 3 nitrogen and oxygen atoms in total. The summed E-state index contributed by atoms with van der Waals surface area (Å²) in [6, 6.07) is 4.54. The highest BCUT2D eigenvalue weighted by Gasteiger charge is 2.37. The van der Waals surface area contributed by atoms with Crippen molar-refractivity contribution in [1.29, 1.82) is 0 Å². The van der Waals surface area contributed by atoms with Crippen molar-refractivity contribution >= 4 is 23.2 Å². The van der Waals surface area contributed by atoms with Crippen molar-refractivity contribution in [3.05, 3.63) is 63.7 Å². The number of carbonyl (C=O) groups excluding carboxylic acids is 1. The number of benzene rings is 2. The normalized spacial score (nSPS) is 12.2. The van der Waals surface area contributed by atoms with E-state index >= 15 is 0 Å². The van der Waals surface area contributed by atoms with Crippen LogP contribution in [0.3, 0.4) is 0 Å². The topological polar surface area (TPSA) is 49.3 Å². The summed E-state index contributed by atoms with van der Waals surface area (Å²) >= 11 is 5.73. The lowest BCUT2D eigenvalue weighted by atomic mass is 10.1. The van der Waals surface area contributed by atoms with Crippen LogP contribution in [0.1, 0.15) is 27.0 Å². The van der Waals surface area contributed by atoms with Crippen molar-refractivity contribution in [2.24, 2.45) is 0 Å². The molecule has 0 aromatic heterocycles. The highest BCUT2D eigenvalue weighted by atomic mass is 35.5. The molecule has 26 heavy (non-hydrogen) atoms. The van der Waals surface area contributed by atoms with Crippen molar-refractivity contribution in [1.82, 2.24) is 0 Å². The molecule has 0 bridgehead atoms. The van der Waals surface area contributed by atoms with E-state index in [1.54, 1.807) is 0 Å². The van der Waals surface area contributed by atoms with Gasteiger partial charge in [0.25, 0.3) is 5.91 Å². The summed E-state index contributed by atoms with van der Waals surface area (Å²) < 4.78 is 77.0. The number of anilines is 1. The van der Waals surface area contributed by atoms with Crippen molar-refractivity contribution < 1.29 is 36.2 Å². The smallest absolute Gasteiger partial charge is 0.392 e. The first kappa shape index (κ1) is 20.1. The molecular formula is C16H10ClF6NO2. The van der Waals surface area contributed by atoms with E-state index in [1.165, 1.54) is 12.1 Å². The Hall–Kier alpha value is -2.26. The summed E-state index contributed by atoms with van der Waals surface area (Å²) in [5.41, 5.74) is -3.88. The molecule has 0 radical (unpaired) electrons. The molecule has 2 aromatic rings. The van der Waals surface area contributed by atoms with E-state index < -0.39 is 41.7 Å². The van der Waals surface area contributed by atoms with Gasteiger partial charge in [0.2, 0.25) is 0 Å². The lowest BCUT2D eigenvalue weighted by Crippen LogP contribution is -2.17. The Labute approximate surface area is 148 Å². The highest BCUT2D eigenvalue weighted by Crippen LogP contribution is 2.37. The summed E-state index contributed by atoms with van der Waals surface area (Å²) in [6.07, 6.45) is -10.1. The molecule has 0 fully saturated rings. The number of aliphatic hydroxyl groups excluding tert-OH is 1. The van der Waals surface area contributed by atoms with Crippen LogP contribution in [0.25, 0.3) is 0 Å². The van der Waals surface area contributed by atoms with Crippen molar-refractivity contribution in [3.8, 4) is 0 Å². The molecule has 10 heteroatoms. The van der Waals surface area contributed by atoms with Gasteiger partial charge in [-0.2, -0.15) is 26.3 Å². The second kappa shape index (κ2) is 7.16. The average Bonchev–Trinajstić information content (AvgIpc) is 2.52. The lowest BCUT2D eigenvalue weighted by molar-refractivity contribution is -0.143. The van der Waals surface area contributed by atoms with Gasteiger partial charge < -0.3 is 10.4 Å². The third kappa shape index (κ3) is 4.67. The lowest BCUT2D eigenvalue weighted by Gasteiger charge is -2.15. The van der Waals surface area contributed by atoms with E-state index in [2.05, 4.69) is 0 Å². The van der Waals surface area contributed by atoms with Gasteiger partial charge >= 0.3 is 12.4 Å². The molecule has 0 unspecified atom stereocenters. The molecule has 140 valence electrons. The van der Waals surface area contributed by atoms with Crippen molar-refractivity contribution in [3.63, 3.8) is 0 Å². The van der Waals surface area contributed by atoms with Gasteiger partial charge in [0.1, 0.15) is 0 Å². The van der Waals surface area contributed by atoms with Crippen LogP contribution in [0.15, 0.2) is 36.4 Å². The Morgan fingerprint density at radius 3 is 1.96 bits per heavy atom. The maximum Gasteiger partial charge on any atom is 0.416 e. The Balaban J connectivity index is 2.46. The molecule has 0 aliphatic rings. The van der Waals surface area contributed by atoms with Gasteiger partial charge in [-0.25, -0.2) is 0 Å². The number of hydrogen-bond acceptors (Lipinski definition) is 2. The zero-order chi connectivity index (χ0) is 19.7. The Morgan fingerprint density at radius 2 is 1.50 bits per heavy atom. The van der Waals surface area contributed by atoms with Crippen molar-refractivity contribution in [2.75, 3.05) is 5.32 Å². The SMILES string of the molecule is O=C(Nc1cc(C(F)(F)F)cc(C(F)(F)F)c1)c1cc(Cl)ccc1CO. The quantitative estimate of drug-likeness (QED) is 0.706. The van der Waals surface area contributed by atoms with Crippen molar-refractivity contribution in [2.45, 2.75) is 19.0 Å². The maximum atomic E-state index is 12.8. The van der Waals surface area contributed by atoms with Crippen LogP contribution in [-0.4, -0.2) is 11.0 Å². The largest absolute Gasteiger partial charge is 0.416 e. The molecule has 0 heterocycles. The molecule has 0 aliphatic carbocycles. The number of hydrogen-bond donors (Lipinski definition) is 2. The average molecular weight is 398 g/mol. The van der Waals surface area contributed by atoms with Gasteiger partial charge in [-0.3, -0.25) is 4.79 Å². The van der Waals surface area contributed by atoms with E-state index in [1.807, 2.05) is 5.32 Å². The Bertz CT molecular complexity index is 800. The van der Waals surface area contributed by atoms with Crippen LogP contribution in [-0.2, 0) is 19.0 Å². The minimum Gasteiger partial charge on any atom is -0.392 e. The minimum atomic E-state index is -5.03. The predicted octanol–water partition coefficient (Wildman–Crippen LogP) is 5.12. The summed E-state index contributed by atoms with van der Waals surface area (Å²) in [6.45, 7) is -0.573. The van der Waals surface area contributed by atoms with E-state index in [0.717, 1.165) is 6.07 Å². The number of alkyl halides is 6. The van der Waals surface area contributed by atoms with Gasteiger partial charge in [0.05, 0.1) is 17.7 Å². The van der Waals surface area contributed by atoms with Crippen LogP contribution >= 0.6 is 11.6 Å². The van der Waals surface area contributed by atoms with Crippen LogP contribution in [0.2, 0.25) is 5.02 Å². The predicted molar refractivity (Wildman–Crippen MR) is 81.8 cm³/mol. The molecule has 0 atom stereocenters. The fraction of sp³-hybridized carbons (Fsp3) is 0.188. The molecule has 2 aromatic carbocycles. The summed E-state index contributed by atoms with van der Waals surface area (Å²) in [5, 5.41) is 11.3. The highest BCUT2D eigenvalue weighted by molar-refractivity contribution is 6.31. The first-order valence-electron chi connectivity index (χ1n) is 6.92. The molecule has 2 rings (SSSR count). The van der Waals surface area contributed by atoms with Crippen LogP contribution in [0.5, 0.6) is 0 Å². The Kier molecular flexibility index (Phi) is 5.52. The third-order valence-corrected chi connectivity index (χ3v) is 3.57. The summed E-state index contributed by atoms with van der Waals surface area (Å²) in [5.74, 6) is -1.01. The van der Waals surface area contributed by atoms with Crippen LogP contribution < -0.4 is 5.32 Å². The first-order valence-corrected chi connectivity index (χ1v) is 7.29. The van der Waals surface area contributed by atoms with E-state index in [-0.39, 0.29) is 22.2 Å². The third-order valence-electron chi connectivity index (χ3n) is 3.33. The van der Waals surface area contributed by atoms with E-state index in [4.69, 9.17) is 11.6 Å². The number of halogens is 7. The van der Waals surface area contributed by atoms with Gasteiger partial charge in [0.15, 0.2) is 0 Å². The van der Waals surface area contributed by atoms with Gasteiger partial charge in [-0.1, -0.05) is 17.7 Å². The Morgan fingerprint density at radius 1 is 0.962 bits per heavy atom. The first-order chi connectivity index (χ1) is 11.9. The zero-order valence-corrected chi connectivity index (χ0v) is 13.4. The number of amides is 1. The number of aliphatic hydroxyl groups is 1. The van der Waals surface area contributed by atoms with Gasteiger partial charge in [-0.15, -0.1) is 0 Å². The summed E-state index contributed by atoms with van der Waals surface area (Å²) in [4.78, 5) is 12.2. The van der Waals surface area contributed by atoms with Crippen LogP contribution in [0, 0.1) is 0 Å². The standard InChI is InChI=1S/C16H10ClF6NO2/c17-11-2-1-8(7-25)13(6-11)14(26)24-12-4-9(15(18,19)20)3-10(5-12)16(21,22)23/h1-6,25H,7H2,(H,24,26). The van der Waals surface area contributed by atoms with Crippen LogP contribution in [0.4, 0.5) is 32.0 Å². The number of nitrogens with one attached hydrogen (secondary N) is 1. The van der Waals surface area contributed by atoms with Gasteiger partial charge in [-0.05, 0) is 35.9 Å². The second-order valence-electron chi connectivity index (χ2n) is 5.21. The van der Waals surface area contributed by atoms with Gasteiger partial charge in [0, 0.05) is 16.3 Å². The molecule has 0 saturated heterocycles. The summed E-state index contributed by atoms with van der Waals surface area (Å²) in [7, 11) is 0. The fourth-order valence-corrected chi connectivity index (χ4v) is 2.30. The molecule has 0 spiro atoms. The maximum absolute atomic E-state index is 12.8. The minimum absolute atomic E-state index is 0.0474. The number of carbonyl (C=O) groups is 1. The monoisotopic (exact) mass is 397 g/mol. The van der Waals surface area contributed by atoms with E-state index in [0.29, 0.717) is 12.1 Å². The molecular weight excluding hydrogens is 388 g/mol.